The number of hydrogen-bond donors (Lipinski definition) is 0. The van der Waals surface area contributed by atoms with Crippen molar-refractivity contribution in [3.63, 3.8) is 0 Å². The van der Waals surface area contributed by atoms with Gasteiger partial charge in [-0.2, -0.15) is 0 Å². The highest BCUT2D eigenvalue weighted by molar-refractivity contribution is 7.92. The van der Waals surface area contributed by atoms with Gasteiger partial charge in [-0.15, -0.1) is 0 Å². The SMILES string of the molecule is Cc1ccc(-c2ccc3c(c2)N(S(=O)(=O)c2ccc4c(ccn4C)c2)CCO3)cn1. The molecule has 7 heteroatoms. The third kappa shape index (κ3) is 3.02. The molecule has 0 fully saturated rings. The smallest absolute Gasteiger partial charge is 0.264 e. The summed E-state index contributed by atoms with van der Waals surface area (Å²) in [5.41, 5.74) is 4.29. The molecular formula is C23H21N3O3S. The van der Waals surface area contributed by atoms with E-state index in [4.69, 9.17) is 4.74 Å². The number of anilines is 1. The molecule has 0 unspecified atom stereocenters. The van der Waals surface area contributed by atoms with E-state index in [0.717, 1.165) is 27.7 Å². The molecule has 152 valence electrons. The average molecular weight is 420 g/mol. The number of aryl methyl sites for hydroxylation is 2. The molecule has 2 aromatic heterocycles. The summed E-state index contributed by atoms with van der Waals surface area (Å²) in [6.07, 6.45) is 3.72. The van der Waals surface area contributed by atoms with Crippen LogP contribution in [0.15, 0.2) is 71.9 Å². The van der Waals surface area contributed by atoms with Gasteiger partial charge in [0.2, 0.25) is 0 Å². The maximum absolute atomic E-state index is 13.5. The fourth-order valence-corrected chi connectivity index (χ4v) is 5.30. The van der Waals surface area contributed by atoms with Crippen molar-refractivity contribution in [2.24, 2.45) is 7.05 Å². The van der Waals surface area contributed by atoms with Gasteiger partial charge in [0.1, 0.15) is 12.4 Å². The Morgan fingerprint density at radius 1 is 1.00 bits per heavy atom. The van der Waals surface area contributed by atoms with Crippen LogP contribution in [0, 0.1) is 6.92 Å². The van der Waals surface area contributed by atoms with Crippen molar-refractivity contribution in [1.29, 1.82) is 0 Å². The highest BCUT2D eigenvalue weighted by atomic mass is 32.2. The van der Waals surface area contributed by atoms with Crippen molar-refractivity contribution < 1.29 is 13.2 Å². The van der Waals surface area contributed by atoms with E-state index < -0.39 is 10.0 Å². The molecule has 3 heterocycles. The van der Waals surface area contributed by atoms with E-state index in [-0.39, 0.29) is 11.4 Å². The standard InChI is InChI=1S/C23H21N3O3S/c1-16-3-4-19(15-24-16)17-5-8-23-22(14-17)26(11-12-29-23)30(27,28)20-6-7-21-18(13-20)9-10-25(21)2/h3-10,13-15H,11-12H2,1-2H3. The molecule has 1 aliphatic heterocycles. The lowest BCUT2D eigenvalue weighted by molar-refractivity contribution is 0.316. The Balaban J connectivity index is 1.59. The van der Waals surface area contributed by atoms with Gasteiger partial charge in [-0.1, -0.05) is 12.1 Å². The second-order valence-electron chi connectivity index (χ2n) is 7.44. The van der Waals surface area contributed by atoms with Gasteiger partial charge in [-0.3, -0.25) is 9.29 Å². The van der Waals surface area contributed by atoms with Gasteiger partial charge in [0, 0.05) is 41.6 Å². The number of benzene rings is 2. The molecule has 0 N–H and O–H groups in total. The molecule has 0 spiro atoms. The molecule has 2 aromatic carbocycles. The molecule has 30 heavy (non-hydrogen) atoms. The maximum atomic E-state index is 13.5. The quantitative estimate of drug-likeness (QED) is 0.501. The Labute approximate surface area is 175 Å². The summed E-state index contributed by atoms with van der Waals surface area (Å²) >= 11 is 0. The summed E-state index contributed by atoms with van der Waals surface area (Å²) in [6.45, 7) is 2.51. The minimum atomic E-state index is -3.73. The topological polar surface area (TPSA) is 64.4 Å². The molecule has 0 amide bonds. The van der Waals surface area contributed by atoms with E-state index in [2.05, 4.69) is 4.98 Å². The van der Waals surface area contributed by atoms with Gasteiger partial charge in [0.15, 0.2) is 0 Å². The molecule has 0 atom stereocenters. The Hall–Kier alpha value is -3.32. The lowest BCUT2D eigenvalue weighted by Gasteiger charge is -2.31. The first-order valence-electron chi connectivity index (χ1n) is 9.71. The van der Waals surface area contributed by atoms with Gasteiger partial charge in [-0.05, 0) is 55.0 Å². The zero-order valence-corrected chi connectivity index (χ0v) is 17.6. The Bertz CT molecular complexity index is 1360. The van der Waals surface area contributed by atoms with Gasteiger partial charge >= 0.3 is 0 Å². The van der Waals surface area contributed by atoms with Crippen molar-refractivity contribution in [3.05, 3.63) is 72.7 Å². The van der Waals surface area contributed by atoms with Crippen LogP contribution in [0.4, 0.5) is 5.69 Å². The van der Waals surface area contributed by atoms with Crippen LogP contribution >= 0.6 is 0 Å². The molecule has 0 saturated carbocycles. The molecule has 6 nitrogen and oxygen atoms in total. The summed E-state index contributed by atoms with van der Waals surface area (Å²) in [4.78, 5) is 4.62. The summed E-state index contributed by atoms with van der Waals surface area (Å²) < 4.78 is 36.2. The van der Waals surface area contributed by atoms with Crippen molar-refractivity contribution >= 4 is 26.6 Å². The average Bonchev–Trinajstić information content (AvgIpc) is 3.13. The fourth-order valence-electron chi connectivity index (χ4n) is 3.81. The number of rotatable bonds is 3. The predicted octanol–water partition coefficient (Wildman–Crippen LogP) is 4.14. The minimum Gasteiger partial charge on any atom is -0.489 e. The van der Waals surface area contributed by atoms with Crippen LogP contribution < -0.4 is 9.04 Å². The number of sulfonamides is 1. The number of fused-ring (bicyclic) bond motifs is 2. The number of nitrogens with zero attached hydrogens (tertiary/aromatic N) is 3. The Kier molecular flexibility index (Phi) is 4.29. The van der Waals surface area contributed by atoms with E-state index in [9.17, 15) is 8.42 Å². The molecule has 4 aromatic rings. The van der Waals surface area contributed by atoms with E-state index >= 15 is 0 Å². The second-order valence-corrected chi connectivity index (χ2v) is 9.31. The van der Waals surface area contributed by atoms with Gasteiger partial charge in [0.25, 0.3) is 10.0 Å². The van der Waals surface area contributed by atoms with Gasteiger partial charge in [-0.25, -0.2) is 8.42 Å². The summed E-state index contributed by atoms with van der Waals surface area (Å²) in [5, 5.41) is 0.895. The van der Waals surface area contributed by atoms with Crippen LogP contribution in [0.3, 0.4) is 0 Å². The van der Waals surface area contributed by atoms with Crippen LogP contribution in [0.2, 0.25) is 0 Å². The number of pyridine rings is 1. The zero-order valence-electron chi connectivity index (χ0n) is 16.7. The highest BCUT2D eigenvalue weighted by Gasteiger charge is 2.30. The van der Waals surface area contributed by atoms with Crippen molar-refractivity contribution in [2.75, 3.05) is 17.5 Å². The van der Waals surface area contributed by atoms with Crippen molar-refractivity contribution in [3.8, 4) is 16.9 Å². The largest absolute Gasteiger partial charge is 0.489 e. The van der Waals surface area contributed by atoms with Crippen LogP contribution in [-0.4, -0.2) is 31.1 Å². The summed E-state index contributed by atoms with van der Waals surface area (Å²) in [7, 11) is -1.79. The molecule has 0 aliphatic carbocycles. The lowest BCUT2D eigenvalue weighted by atomic mass is 10.1. The van der Waals surface area contributed by atoms with Gasteiger partial charge < -0.3 is 9.30 Å². The van der Waals surface area contributed by atoms with Crippen molar-refractivity contribution in [1.82, 2.24) is 9.55 Å². The summed E-state index contributed by atoms with van der Waals surface area (Å²) in [6, 6.07) is 16.7. The highest BCUT2D eigenvalue weighted by Crippen LogP contribution is 2.38. The van der Waals surface area contributed by atoms with Crippen molar-refractivity contribution in [2.45, 2.75) is 11.8 Å². The summed E-state index contributed by atoms with van der Waals surface area (Å²) in [5.74, 6) is 0.564. The monoisotopic (exact) mass is 419 g/mol. The number of ether oxygens (including phenoxy) is 1. The molecule has 0 radical (unpaired) electrons. The fraction of sp³-hybridized carbons (Fsp3) is 0.174. The normalized spacial score (nSPS) is 13.9. The number of hydrogen-bond acceptors (Lipinski definition) is 4. The molecule has 0 bridgehead atoms. The van der Waals surface area contributed by atoms with Crippen LogP contribution in [0.5, 0.6) is 5.75 Å². The van der Waals surface area contributed by atoms with E-state index in [0.29, 0.717) is 18.0 Å². The second kappa shape index (κ2) is 6.88. The maximum Gasteiger partial charge on any atom is 0.264 e. The Morgan fingerprint density at radius 3 is 2.63 bits per heavy atom. The molecular weight excluding hydrogens is 398 g/mol. The minimum absolute atomic E-state index is 0.262. The number of aromatic nitrogens is 2. The van der Waals surface area contributed by atoms with Crippen LogP contribution in [0.1, 0.15) is 5.69 Å². The van der Waals surface area contributed by atoms with E-state index in [1.165, 1.54) is 4.31 Å². The van der Waals surface area contributed by atoms with Crippen LogP contribution in [-0.2, 0) is 17.1 Å². The first-order valence-corrected chi connectivity index (χ1v) is 11.2. The third-order valence-corrected chi connectivity index (χ3v) is 7.28. The molecule has 5 rings (SSSR count). The van der Waals surface area contributed by atoms with Crippen LogP contribution in [0.25, 0.3) is 22.0 Å². The predicted molar refractivity (Wildman–Crippen MR) is 117 cm³/mol. The first-order chi connectivity index (χ1) is 14.4. The Morgan fingerprint density at radius 2 is 1.83 bits per heavy atom. The zero-order chi connectivity index (χ0) is 20.9. The van der Waals surface area contributed by atoms with Gasteiger partial charge in [0.05, 0.1) is 17.1 Å². The van der Waals surface area contributed by atoms with E-state index in [1.807, 2.05) is 67.2 Å². The molecule has 0 saturated heterocycles. The first kappa shape index (κ1) is 18.7. The van der Waals surface area contributed by atoms with E-state index in [1.54, 1.807) is 18.3 Å². The molecule has 1 aliphatic rings. The lowest BCUT2D eigenvalue weighted by Crippen LogP contribution is -2.37. The third-order valence-electron chi connectivity index (χ3n) is 5.47.